The number of hydrogen-bond acceptors (Lipinski definition) is 2. The maximum Gasteiger partial charge on any atom is 0.0847 e. The summed E-state index contributed by atoms with van der Waals surface area (Å²) in [7, 11) is 1.93. The second-order valence-corrected chi connectivity index (χ2v) is 5.32. The Hall–Kier alpha value is -0.540. The molecule has 1 aromatic heterocycles. The van der Waals surface area contributed by atoms with Crippen molar-refractivity contribution in [3.05, 3.63) is 16.4 Å². The molecule has 3 nitrogen and oxygen atoms in total. The number of halogens is 1. The maximum absolute atomic E-state index is 9.73. The fraction of sp³-hybridized carbons (Fsp3) is 0.750. The van der Waals surface area contributed by atoms with Crippen molar-refractivity contribution in [1.29, 1.82) is 0 Å². The molecule has 0 spiro atoms. The summed E-state index contributed by atoms with van der Waals surface area (Å²) in [5.41, 5.74) is 2.00. The lowest BCUT2D eigenvalue weighted by atomic mass is 9.92. The van der Waals surface area contributed by atoms with Crippen LogP contribution in [0.3, 0.4) is 0 Å². The monoisotopic (exact) mass is 242 g/mol. The molecule has 0 bridgehead atoms. The van der Waals surface area contributed by atoms with Crippen LogP contribution in [0.2, 0.25) is 5.02 Å². The van der Waals surface area contributed by atoms with Crippen molar-refractivity contribution in [3.8, 4) is 0 Å². The van der Waals surface area contributed by atoms with Gasteiger partial charge in [0.15, 0.2) is 0 Å². The molecule has 0 radical (unpaired) electrons. The van der Waals surface area contributed by atoms with Gasteiger partial charge in [0.05, 0.1) is 22.5 Å². The van der Waals surface area contributed by atoms with Crippen molar-refractivity contribution < 1.29 is 5.11 Å². The van der Waals surface area contributed by atoms with Crippen LogP contribution >= 0.6 is 11.6 Å². The Kier molecular flexibility index (Phi) is 3.27. The van der Waals surface area contributed by atoms with Gasteiger partial charge in [-0.15, -0.1) is 0 Å². The molecular weight excluding hydrogens is 224 g/mol. The van der Waals surface area contributed by atoms with Crippen LogP contribution in [0.1, 0.15) is 31.2 Å². The van der Waals surface area contributed by atoms with E-state index in [0.29, 0.717) is 11.8 Å². The molecular formula is C12H19ClN2O. The first kappa shape index (κ1) is 11.9. The molecule has 3 atom stereocenters. The summed E-state index contributed by atoms with van der Waals surface area (Å²) >= 11 is 6.23. The minimum Gasteiger partial charge on any atom is -0.393 e. The number of hydrogen-bond donors (Lipinski definition) is 1. The first-order chi connectivity index (χ1) is 7.50. The third-order valence-corrected chi connectivity index (χ3v) is 4.39. The third-order valence-electron chi connectivity index (χ3n) is 3.90. The number of nitrogens with zero attached hydrogens (tertiary/aromatic N) is 2. The van der Waals surface area contributed by atoms with Crippen LogP contribution < -0.4 is 0 Å². The molecule has 16 heavy (non-hydrogen) atoms. The minimum absolute atomic E-state index is 0.141. The van der Waals surface area contributed by atoms with Crippen molar-refractivity contribution in [1.82, 2.24) is 9.78 Å². The molecule has 1 saturated carbocycles. The summed E-state index contributed by atoms with van der Waals surface area (Å²) in [4.78, 5) is 0. The normalized spacial score (nSPS) is 29.9. The van der Waals surface area contributed by atoms with Gasteiger partial charge in [0.1, 0.15) is 0 Å². The smallest absolute Gasteiger partial charge is 0.0847 e. The van der Waals surface area contributed by atoms with Gasteiger partial charge in [0.2, 0.25) is 0 Å². The SMILES string of the molecule is Cc1nn(C)c(CC2CCC(O)C2C)c1Cl. The lowest BCUT2D eigenvalue weighted by Crippen LogP contribution is -2.18. The first-order valence-electron chi connectivity index (χ1n) is 5.86. The van der Waals surface area contributed by atoms with Crippen LogP contribution in [-0.4, -0.2) is 21.0 Å². The predicted molar refractivity (Wildman–Crippen MR) is 64.6 cm³/mol. The van der Waals surface area contributed by atoms with Gasteiger partial charge in [-0.2, -0.15) is 5.10 Å². The lowest BCUT2D eigenvalue weighted by molar-refractivity contribution is 0.127. The van der Waals surface area contributed by atoms with Crippen LogP contribution in [0.5, 0.6) is 0 Å². The first-order valence-corrected chi connectivity index (χ1v) is 6.24. The molecule has 1 aromatic rings. The van der Waals surface area contributed by atoms with Gasteiger partial charge in [-0.05, 0) is 38.0 Å². The van der Waals surface area contributed by atoms with Crippen molar-refractivity contribution in [2.24, 2.45) is 18.9 Å². The van der Waals surface area contributed by atoms with Crippen molar-refractivity contribution >= 4 is 11.6 Å². The van der Waals surface area contributed by atoms with Gasteiger partial charge in [-0.3, -0.25) is 4.68 Å². The fourth-order valence-electron chi connectivity index (χ4n) is 2.66. The Morgan fingerprint density at radius 2 is 2.19 bits per heavy atom. The van der Waals surface area contributed by atoms with Crippen LogP contribution in [0.15, 0.2) is 0 Å². The molecule has 1 fully saturated rings. The molecule has 1 aliphatic rings. The van der Waals surface area contributed by atoms with E-state index in [1.165, 1.54) is 0 Å². The summed E-state index contributed by atoms with van der Waals surface area (Å²) in [6.07, 6.45) is 2.79. The van der Waals surface area contributed by atoms with Crippen LogP contribution in [-0.2, 0) is 13.5 Å². The average molecular weight is 243 g/mol. The highest BCUT2D eigenvalue weighted by atomic mass is 35.5. The Bertz CT molecular complexity index is 389. The van der Waals surface area contributed by atoms with E-state index < -0.39 is 0 Å². The molecule has 1 aliphatic carbocycles. The van der Waals surface area contributed by atoms with Crippen LogP contribution in [0.25, 0.3) is 0 Å². The van der Waals surface area contributed by atoms with E-state index >= 15 is 0 Å². The van der Waals surface area contributed by atoms with Gasteiger partial charge >= 0.3 is 0 Å². The third kappa shape index (κ3) is 1.98. The Labute approximate surface area is 101 Å². The Morgan fingerprint density at radius 3 is 2.62 bits per heavy atom. The van der Waals surface area contributed by atoms with E-state index in [1.807, 2.05) is 18.7 Å². The van der Waals surface area contributed by atoms with E-state index in [-0.39, 0.29) is 6.10 Å². The molecule has 90 valence electrons. The summed E-state index contributed by atoms with van der Waals surface area (Å²) in [6, 6.07) is 0. The molecule has 1 N–H and O–H groups in total. The van der Waals surface area contributed by atoms with E-state index in [9.17, 15) is 5.11 Å². The molecule has 0 aliphatic heterocycles. The zero-order valence-corrected chi connectivity index (χ0v) is 10.8. The number of aliphatic hydroxyl groups excluding tert-OH is 1. The highest BCUT2D eigenvalue weighted by Crippen LogP contribution is 2.35. The standard InChI is InChI=1S/C12H19ClN2O/c1-7-9(4-5-11(7)16)6-10-12(13)8(2)14-15(10)3/h7,9,11,16H,4-6H2,1-3H3. The zero-order chi connectivity index (χ0) is 11.9. The predicted octanol–water partition coefficient (Wildman–Crippen LogP) is 2.33. The van der Waals surface area contributed by atoms with Crippen LogP contribution in [0.4, 0.5) is 0 Å². The van der Waals surface area contributed by atoms with E-state index in [0.717, 1.165) is 35.7 Å². The summed E-state index contributed by atoms with van der Waals surface area (Å²) < 4.78 is 1.87. The second-order valence-electron chi connectivity index (χ2n) is 4.94. The fourth-order valence-corrected chi connectivity index (χ4v) is 2.90. The number of aryl methyl sites for hydroxylation is 2. The van der Waals surface area contributed by atoms with Gasteiger partial charge in [-0.1, -0.05) is 18.5 Å². The highest BCUT2D eigenvalue weighted by Gasteiger charge is 2.32. The van der Waals surface area contributed by atoms with Gasteiger partial charge < -0.3 is 5.11 Å². The van der Waals surface area contributed by atoms with E-state index in [1.54, 1.807) is 0 Å². The van der Waals surface area contributed by atoms with Gasteiger partial charge in [0, 0.05) is 7.05 Å². The maximum atomic E-state index is 9.73. The highest BCUT2D eigenvalue weighted by molar-refractivity contribution is 6.31. The molecule has 4 heteroatoms. The second kappa shape index (κ2) is 4.38. The molecule has 0 amide bonds. The Balaban J connectivity index is 2.15. The zero-order valence-electron chi connectivity index (χ0n) is 10.1. The van der Waals surface area contributed by atoms with Crippen molar-refractivity contribution in [2.75, 3.05) is 0 Å². The molecule has 1 heterocycles. The summed E-state index contributed by atoms with van der Waals surface area (Å²) in [5, 5.41) is 14.8. The largest absolute Gasteiger partial charge is 0.393 e. The van der Waals surface area contributed by atoms with Crippen LogP contribution in [0, 0.1) is 18.8 Å². The molecule has 0 aromatic carbocycles. The van der Waals surface area contributed by atoms with Gasteiger partial charge in [0.25, 0.3) is 0 Å². The lowest BCUT2D eigenvalue weighted by Gasteiger charge is -2.17. The van der Waals surface area contributed by atoms with E-state index in [2.05, 4.69) is 12.0 Å². The molecule has 2 rings (SSSR count). The molecule has 0 saturated heterocycles. The average Bonchev–Trinajstić information content (AvgIpc) is 2.66. The summed E-state index contributed by atoms with van der Waals surface area (Å²) in [5.74, 6) is 0.897. The number of rotatable bonds is 2. The van der Waals surface area contributed by atoms with Gasteiger partial charge in [-0.25, -0.2) is 0 Å². The van der Waals surface area contributed by atoms with Crippen molar-refractivity contribution in [3.63, 3.8) is 0 Å². The number of aromatic nitrogens is 2. The van der Waals surface area contributed by atoms with E-state index in [4.69, 9.17) is 11.6 Å². The summed E-state index contributed by atoms with van der Waals surface area (Å²) in [6.45, 7) is 4.05. The number of aliphatic hydroxyl groups is 1. The Morgan fingerprint density at radius 1 is 1.50 bits per heavy atom. The topological polar surface area (TPSA) is 38.0 Å². The quantitative estimate of drug-likeness (QED) is 0.865. The minimum atomic E-state index is -0.141. The van der Waals surface area contributed by atoms with Crippen molar-refractivity contribution in [2.45, 2.75) is 39.2 Å². The molecule has 3 unspecified atom stereocenters.